The van der Waals surface area contributed by atoms with Crippen molar-refractivity contribution in [2.75, 3.05) is 12.3 Å². The molecule has 3 aromatic rings. The van der Waals surface area contributed by atoms with Gasteiger partial charge >= 0.3 is 0 Å². The Morgan fingerprint density at radius 3 is 2.58 bits per heavy atom. The second-order valence-electron chi connectivity index (χ2n) is 6.53. The topological polar surface area (TPSA) is 70.2 Å². The van der Waals surface area contributed by atoms with Crippen LogP contribution in [0.5, 0.6) is 0 Å². The van der Waals surface area contributed by atoms with Gasteiger partial charge in [0.25, 0.3) is 5.91 Å². The summed E-state index contributed by atoms with van der Waals surface area (Å²) in [6.45, 7) is 2.82. The van der Waals surface area contributed by atoms with Crippen molar-refractivity contribution in [2.24, 2.45) is 0 Å². The normalized spacial score (nSPS) is 14.4. The van der Waals surface area contributed by atoms with Crippen LogP contribution in [0, 0.1) is 0 Å². The van der Waals surface area contributed by atoms with Crippen molar-refractivity contribution < 1.29 is 13.2 Å². The number of nitrogens with zero attached hydrogens (tertiary/aromatic N) is 1. The molecule has 4 rings (SSSR count). The van der Waals surface area contributed by atoms with E-state index >= 15 is 0 Å². The van der Waals surface area contributed by atoms with E-state index in [1.807, 2.05) is 23.1 Å². The molecule has 0 spiro atoms. The SMILES string of the molecule is CCS(=O)(=O)c1ccc(C(=O)N2CCc3[nH]c4ccccc4c3C2)cc1. The van der Waals surface area contributed by atoms with Crippen molar-refractivity contribution in [3.8, 4) is 0 Å². The highest BCUT2D eigenvalue weighted by molar-refractivity contribution is 7.91. The molecule has 0 saturated carbocycles. The minimum Gasteiger partial charge on any atom is -0.358 e. The van der Waals surface area contributed by atoms with Gasteiger partial charge in [-0.05, 0) is 30.3 Å². The maximum absolute atomic E-state index is 12.9. The van der Waals surface area contributed by atoms with Gasteiger partial charge in [-0.3, -0.25) is 4.79 Å². The summed E-state index contributed by atoms with van der Waals surface area (Å²) in [6, 6.07) is 14.4. The second kappa shape index (κ2) is 6.29. The molecule has 0 radical (unpaired) electrons. The molecule has 1 aliphatic heterocycles. The van der Waals surface area contributed by atoms with Crippen LogP contribution >= 0.6 is 0 Å². The quantitative estimate of drug-likeness (QED) is 0.772. The van der Waals surface area contributed by atoms with Gasteiger partial charge in [0.2, 0.25) is 0 Å². The fourth-order valence-corrected chi connectivity index (χ4v) is 4.38. The first-order chi connectivity index (χ1) is 12.5. The van der Waals surface area contributed by atoms with E-state index in [0.717, 1.165) is 17.3 Å². The molecule has 0 saturated heterocycles. The molecule has 2 aromatic carbocycles. The maximum atomic E-state index is 12.9. The number of rotatable bonds is 3. The van der Waals surface area contributed by atoms with Gasteiger partial charge < -0.3 is 9.88 Å². The maximum Gasteiger partial charge on any atom is 0.254 e. The molecule has 0 aliphatic carbocycles. The number of hydrogen-bond donors (Lipinski definition) is 1. The molecule has 0 atom stereocenters. The van der Waals surface area contributed by atoms with Crippen molar-refractivity contribution >= 4 is 26.6 Å². The summed E-state index contributed by atoms with van der Waals surface area (Å²) in [5, 5.41) is 1.16. The number of sulfone groups is 1. The average Bonchev–Trinajstić information content (AvgIpc) is 3.05. The van der Waals surface area contributed by atoms with Gasteiger partial charge in [0.15, 0.2) is 9.84 Å². The van der Waals surface area contributed by atoms with Crippen molar-refractivity contribution in [3.63, 3.8) is 0 Å². The van der Waals surface area contributed by atoms with Gasteiger partial charge in [-0.25, -0.2) is 8.42 Å². The van der Waals surface area contributed by atoms with Gasteiger partial charge in [-0.15, -0.1) is 0 Å². The standard InChI is InChI=1S/C20H20N2O3S/c1-2-26(24,25)15-9-7-14(8-10-15)20(23)22-12-11-19-17(13-22)16-5-3-4-6-18(16)21-19/h3-10,21H,2,11-13H2,1H3. The van der Waals surface area contributed by atoms with Gasteiger partial charge in [0, 0.05) is 47.2 Å². The molecule has 1 aromatic heterocycles. The Hall–Kier alpha value is -2.60. The van der Waals surface area contributed by atoms with Crippen LogP contribution < -0.4 is 0 Å². The number of para-hydroxylation sites is 1. The third kappa shape index (κ3) is 2.80. The number of aromatic amines is 1. The van der Waals surface area contributed by atoms with E-state index in [-0.39, 0.29) is 16.6 Å². The summed E-state index contributed by atoms with van der Waals surface area (Å²) in [6.07, 6.45) is 0.790. The highest BCUT2D eigenvalue weighted by Gasteiger charge is 2.25. The zero-order chi connectivity index (χ0) is 18.3. The Morgan fingerprint density at radius 1 is 1.12 bits per heavy atom. The number of carbonyl (C=O) groups excluding carboxylic acids is 1. The molecule has 1 amide bonds. The van der Waals surface area contributed by atoms with Gasteiger partial charge in [0.05, 0.1) is 10.6 Å². The lowest BCUT2D eigenvalue weighted by Crippen LogP contribution is -2.35. The number of amides is 1. The number of aromatic nitrogens is 1. The van der Waals surface area contributed by atoms with Crippen LogP contribution in [0.15, 0.2) is 53.4 Å². The molecule has 1 N–H and O–H groups in total. The molecule has 2 heterocycles. The lowest BCUT2D eigenvalue weighted by molar-refractivity contribution is 0.0735. The third-order valence-corrected chi connectivity index (χ3v) is 6.76. The predicted octanol–water partition coefficient (Wildman–Crippen LogP) is 3.16. The smallest absolute Gasteiger partial charge is 0.254 e. The fourth-order valence-electron chi connectivity index (χ4n) is 3.49. The molecule has 134 valence electrons. The van der Waals surface area contributed by atoms with E-state index in [1.165, 1.54) is 23.4 Å². The summed E-state index contributed by atoms with van der Waals surface area (Å²) in [5.41, 5.74) is 3.98. The van der Waals surface area contributed by atoms with Crippen LogP contribution in [0.3, 0.4) is 0 Å². The highest BCUT2D eigenvalue weighted by Crippen LogP contribution is 2.28. The Morgan fingerprint density at radius 2 is 1.85 bits per heavy atom. The number of H-pyrrole nitrogens is 1. The average molecular weight is 368 g/mol. The number of nitrogens with one attached hydrogen (secondary N) is 1. The zero-order valence-electron chi connectivity index (χ0n) is 14.5. The summed E-state index contributed by atoms with van der Waals surface area (Å²) < 4.78 is 23.8. The Labute approximate surface area is 152 Å². The van der Waals surface area contributed by atoms with Crippen LogP contribution in [0.1, 0.15) is 28.5 Å². The van der Waals surface area contributed by atoms with E-state index in [0.29, 0.717) is 18.7 Å². The van der Waals surface area contributed by atoms with Crippen LogP contribution in [0.2, 0.25) is 0 Å². The Bertz CT molecular complexity index is 1080. The number of fused-ring (bicyclic) bond motifs is 3. The molecule has 1 aliphatic rings. The Kier molecular flexibility index (Phi) is 4.07. The molecular formula is C20H20N2O3S. The molecule has 26 heavy (non-hydrogen) atoms. The predicted molar refractivity (Wildman–Crippen MR) is 101 cm³/mol. The van der Waals surface area contributed by atoms with E-state index < -0.39 is 9.84 Å². The largest absolute Gasteiger partial charge is 0.358 e. The summed E-state index contributed by atoms with van der Waals surface area (Å²) in [4.78, 5) is 18.4. The summed E-state index contributed by atoms with van der Waals surface area (Å²) >= 11 is 0. The van der Waals surface area contributed by atoms with E-state index in [2.05, 4.69) is 11.1 Å². The monoisotopic (exact) mass is 368 g/mol. The first-order valence-corrected chi connectivity index (χ1v) is 10.4. The van der Waals surface area contributed by atoms with Crippen molar-refractivity contribution in [1.29, 1.82) is 0 Å². The molecule has 0 bridgehead atoms. The van der Waals surface area contributed by atoms with Crippen molar-refractivity contribution in [3.05, 3.63) is 65.4 Å². The zero-order valence-corrected chi connectivity index (χ0v) is 15.3. The van der Waals surface area contributed by atoms with Crippen molar-refractivity contribution in [1.82, 2.24) is 9.88 Å². The second-order valence-corrected chi connectivity index (χ2v) is 8.81. The van der Waals surface area contributed by atoms with Gasteiger partial charge in [-0.2, -0.15) is 0 Å². The Balaban J connectivity index is 1.60. The molecule has 6 heteroatoms. The van der Waals surface area contributed by atoms with E-state index in [1.54, 1.807) is 19.1 Å². The molecular weight excluding hydrogens is 348 g/mol. The van der Waals surface area contributed by atoms with Crippen LogP contribution in [0.25, 0.3) is 10.9 Å². The summed E-state index contributed by atoms with van der Waals surface area (Å²) in [7, 11) is -3.25. The lowest BCUT2D eigenvalue weighted by atomic mass is 10.0. The summed E-state index contributed by atoms with van der Waals surface area (Å²) in [5.74, 6) is -0.0168. The van der Waals surface area contributed by atoms with Crippen LogP contribution in [-0.2, 0) is 22.8 Å². The van der Waals surface area contributed by atoms with E-state index in [9.17, 15) is 13.2 Å². The first kappa shape index (κ1) is 16.8. The number of carbonyl (C=O) groups is 1. The first-order valence-electron chi connectivity index (χ1n) is 8.70. The molecule has 5 nitrogen and oxygen atoms in total. The minimum atomic E-state index is -3.25. The van der Waals surface area contributed by atoms with Gasteiger partial charge in [-0.1, -0.05) is 25.1 Å². The van der Waals surface area contributed by atoms with Crippen LogP contribution in [0.4, 0.5) is 0 Å². The highest BCUT2D eigenvalue weighted by atomic mass is 32.2. The van der Waals surface area contributed by atoms with E-state index in [4.69, 9.17) is 0 Å². The molecule has 0 fully saturated rings. The van der Waals surface area contributed by atoms with Crippen LogP contribution in [-0.4, -0.2) is 36.5 Å². The lowest BCUT2D eigenvalue weighted by Gasteiger charge is -2.27. The van der Waals surface area contributed by atoms with Crippen molar-refractivity contribution in [2.45, 2.75) is 24.8 Å². The number of hydrogen-bond acceptors (Lipinski definition) is 3. The minimum absolute atomic E-state index is 0.0513. The fraction of sp³-hybridized carbons (Fsp3) is 0.250. The number of benzene rings is 2. The third-order valence-electron chi connectivity index (χ3n) is 5.01. The van der Waals surface area contributed by atoms with Gasteiger partial charge in [0.1, 0.15) is 0 Å². The molecule has 0 unspecified atom stereocenters.